The molecule has 0 amide bonds. The van der Waals surface area contributed by atoms with Crippen LogP contribution < -0.4 is 10.5 Å². The molecule has 19 heavy (non-hydrogen) atoms. The number of carbonyl (C=O) groups excluding carboxylic acids is 1. The Kier molecular flexibility index (Phi) is 3.31. The van der Waals surface area contributed by atoms with Crippen molar-refractivity contribution in [2.45, 2.75) is 44.8 Å². The Hall–Kier alpha value is -1.55. The number of methoxy groups -OCH3 is 1. The quantitative estimate of drug-likeness (QED) is 0.830. The minimum atomic E-state index is -1.06. The molecule has 0 spiro atoms. The summed E-state index contributed by atoms with van der Waals surface area (Å²) in [4.78, 5) is 12.4. The van der Waals surface area contributed by atoms with Gasteiger partial charge < -0.3 is 15.2 Å². The molecule has 1 aliphatic rings. The van der Waals surface area contributed by atoms with Gasteiger partial charge in [0.15, 0.2) is 0 Å². The van der Waals surface area contributed by atoms with Gasteiger partial charge in [-0.05, 0) is 56.9 Å². The fraction of sp³-hybridized carbons (Fsp3) is 0.533. The van der Waals surface area contributed by atoms with Crippen LogP contribution >= 0.6 is 0 Å². The standard InChI is InChI=1S/C15H21NO3/c1-14(2,3)19-13(17)15(16)8-7-10-5-6-11(18-4)9-12(10)15/h5-6,9H,7-8,16H2,1-4H3. The predicted molar refractivity (Wildman–Crippen MR) is 73.0 cm³/mol. The highest BCUT2D eigenvalue weighted by molar-refractivity contribution is 5.84. The molecule has 0 saturated carbocycles. The van der Waals surface area contributed by atoms with Crippen molar-refractivity contribution in [1.29, 1.82) is 0 Å². The molecular formula is C15H21NO3. The summed E-state index contributed by atoms with van der Waals surface area (Å²) in [5.74, 6) is 0.339. The Morgan fingerprint density at radius 1 is 1.37 bits per heavy atom. The van der Waals surface area contributed by atoms with Crippen LogP contribution in [0.1, 0.15) is 38.3 Å². The molecule has 0 aliphatic heterocycles. The molecule has 0 aromatic heterocycles. The Bertz CT molecular complexity index is 505. The maximum atomic E-state index is 12.4. The molecule has 1 aliphatic carbocycles. The Balaban J connectivity index is 2.36. The highest BCUT2D eigenvalue weighted by Gasteiger charge is 2.44. The summed E-state index contributed by atoms with van der Waals surface area (Å²) < 4.78 is 10.7. The van der Waals surface area contributed by atoms with Crippen LogP contribution in [0.4, 0.5) is 0 Å². The first-order chi connectivity index (χ1) is 8.76. The van der Waals surface area contributed by atoms with Crippen molar-refractivity contribution >= 4 is 5.97 Å². The zero-order valence-corrected chi connectivity index (χ0v) is 11.9. The van der Waals surface area contributed by atoms with E-state index in [1.807, 2.05) is 39.0 Å². The molecule has 104 valence electrons. The second-order valence-electron chi connectivity index (χ2n) is 6.00. The molecule has 0 fully saturated rings. The summed E-state index contributed by atoms with van der Waals surface area (Å²) in [7, 11) is 1.60. The van der Waals surface area contributed by atoms with Gasteiger partial charge in [0.25, 0.3) is 0 Å². The maximum absolute atomic E-state index is 12.4. The summed E-state index contributed by atoms with van der Waals surface area (Å²) in [5.41, 5.74) is 6.63. The smallest absolute Gasteiger partial charge is 0.331 e. The van der Waals surface area contributed by atoms with Crippen LogP contribution in [-0.4, -0.2) is 18.7 Å². The van der Waals surface area contributed by atoms with E-state index in [4.69, 9.17) is 15.2 Å². The molecular weight excluding hydrogens is 242 g/mol. The lowest BCUT2D eigenvalue weighted by molar-refractivity contribution is -0.162. The molecule has 1 atom stereocenters. The largest absolute Gasteiger partial charge is 0.497 e. The zero-order chi connectivity index (χ0) is 14.3. The van der Waals surface area contributed by atoms with Gasteiger partial charge in [-0.15, -0.1) is 0 Å². The lowest BCUT2D eigenvalue weighted by atomic mass is 9.92. The first-order valence-corrected chi connectivity index (χ1v) is 6.46. The van der Waals surface area contributed by atoms with Crippen molar-refractivity contribution in [3.05, 3.63) is 29.3 Å². The monoisotopic (exact) mass is 263 g/mol. The van der Waals surface area contributed by atoms with Crippen molar-refractivity contribution in [1.82, 2.24) is 0 Å². The Labute approximate surface area is 113 Å². The van der Waals surface area contributed by atoms with Gasteiger partial charge in [0.05, 0.1) is 7.11 Å². The minimum Gasteiger partial charge on any atom is -0.497 e. The van der Waals surface area contributed by atoms with Crippen LogP contribution in [0.2, 0.25) is 0 Å². The molecule has 0 saturated heterocycles. The van der Waals surface area contributed by atoms with E-state index in [-0.39, 0.29) is 5.97 Å². The number of carbonyl (C=O) groups is 1. The summed E-state index contributed by atoms with van der Waals surface area (Å²) in [6.45, 7) is 5.53. The van der Waals surface area contributed by atoms with E-state index in [9.17, 15) is 4.79 Å². The van der Waals surface area contributed by atoms with E-state index in [0.717, 1.165) is 17.5 Å². The van der Waals surface area contributed by atoms with Gasteiger partial charge in [0.1, 0.15) is 16.9 Å². The van der Waals surface area contributed by atoms with E-state index < -0.39 is 11.1 Å². The SMILES string of the molecule is COc1ccc2c(c1)C(N)(C(=O)OC(C)(C)C)CC2. The first-order valence-electron chi connectivity index (χ1n) is 6.46. The third-order valence-corrected chi connectivity index (χ3v) is 3.35. The van der Waals surface area contributed by atoms with Gasteiger partial charge in [-0.2, -0.15) is 0 Å². The summed E-state index contributed by atoms with van der Waals surface area (Å²) >= 11 is 0. The third kappa shape index (κ3) is 2.59. The van der Waals surface area contributed by atoms with Crippen LogP contribution in [0, 0.1) is 0 Å². The van der Waals surface area contributed by atoms with Gasteiger partial charge >= 0.3 is 5.97 Å². The van der Waals surface area contributed by atoms with E-state index in [2.05, 4.69) is 0 Å². The second kappa shape index (κ2) is 4.53. The number of nitrogens with two attached hydrogens (primary N) is 1. The number of esters is 1. The molecule has 1 aromatic carbocycles. The van der Waals surface area contributed by atoms with Crippen LogP contribution in [0.25, 0.3) is 0 Å². The molecule has 0 heterocycles. The van der Waals surface area contributed by atoms with E-state index >= 15 is 0 Å². The van der Waals surface area contributed by atoms with Crippen molar-refractivity contribution in [2.24, 2.45) is 5.73 Å². The van der Waals surface area contributed by atoms with Crippen LogP contribution in [0.15, 0.2) is 18.2 Å². The predicted octanol–water partition coefficient (Wildman–Crippen LogP) is 2.14. The summed E-state index contributed by atoms with van der Waals surface area (Å²) in [6.07, 6.45) is 1.36. The number of ether oxygens (including phenoxy) is 2. The summed E-state index contributed by atoms with van der Waals surface area (Å²) in [6, 6.07) is 5.69. The highest BCUT2D eigenvalue weighted by atomic mass is 16.6. The zero-order valence-electron chi connectivity index (χ0n) is 11.9. The van der Waals surface area contributed by atoms with Crippen molar-refractivity contribution in [2.75, 3.05) is 7.11 Å². The molecule has 2 N–H and O–H groups in total. The number of fused-ring (bicyclic) bond motifs is 1. The van der Waals surface area contributed by atoms with Crippen LogP contribution in [0.5, 0.6) is 5.75 Å². The van der Waals surface area contributed by atoms with Gasteiger partial charge in [0.2, 0.25) is 0 Å². The minimum absolute atomic E-state index is 0.369. The average Bonchev–Trinajstić information content (AvgIpc) is 2.66. The van der Waals surface area contributed by atoms with Crippen LogP contribution in [0.3, 0.4) is 0 Å². The number of aryl methyl sites for hydroxylation is 1. The topological polar surface area (TPSA) is 61.5 Å². The fourth-order valence-corrected chi connectivity index (χ4v) is 2.36. The van der Waals surface area contributed by atoms with Crippen molar-refractivity contribution in [3.63, 3.8) is 0 Å². The Morgan fingerprint density at radius 3 is 2.63 bits per heavy atom. The first kappa shape index (κ1) is 13.9. The van der Waals surface area contributed by atoms with Crippen molar-refractivity contribution in [3.8, 4) is 5.75 Å². The second-order valence-corrected chi connectivity index (χ2v) is 6.00. The lowest BCUT2D eigenvalue weighted by Crippen LogP contribution is -2.46. The normalized spacial score (nSPS) is 21.9. The lowest BCUT2D eigenvalue weighted by Gasteiger charge is -2.29. The number of rotatable bonds is 2. The molecule has 1 aromatic rings. The van der Waals surface area contributed by atoms with Gasteiger partial charge in [-0.25, -0.2) is 4.79 Å². The molecule has 4 heteroatoms. The highest BCUT2D eigenvalue weighted by Crippen LogP contribution is 2.38. The van der Waals surface area contributed by atoms with E-state index in [1.165, 1.54) is 0 Å². The van der Waals surface area contributed by atoms with E-state index in [0.29, 0.717) is 12.2 Å². The molecule has 2 rings (SSSR count). The molecule has 0 bridgehead atoms. The number of benzene rings is 1. The van der Waals surface area contributed by atoms with E-state index in [1.54, 1.807) is 7.11 Å². The van der Waals surface area contributed by atoms with Gasteiger partial charge in [0, 0.05) is 0 Å². The maximum Gasteiger partial charge on any atom is 0.331 e. The molecule has 1 unspecified atom stereocenters. The fourth-order valence-electron chi connectivity index (χ4n) is 2.36. The summed E-state index contributed by atoms with van der Waals surface area (Å²) in [5, 5.41) is 0. The van der Waals surface area contributed by atoms with Gasteiger partial charge in [-0.1, -0.05) is 6.07 Å². The number of hydrogen-bond acceptors (Lipinski definition) is 4. The van der Waals surface area contributed by atoms with Crippen LogP contribution in [-0.2, 0) is 21.5 Å². The number of hydrogen-bond donors (Lipinski definition) is 1. The molecule has 0 radical (unpaired) electrons. The Morgan fingerprint density at radius 2 is 2.05 bits per heavy atom. The molecule has 4 nitrogen and oxygen atoms in total. The average molecular weight is 263 g/mol. The van der Waals surface area contributed by atoms with Gasteiger partial charge in [-0.3, -0.25) is 0 Å². The van der Waals surface area contributed by atoms with Crippen molar-refractivity contribution < 1.29 is 14.3 Å². The third-order valence-electron chi connectivity index (χ3n) is 3.35.